The van der Waals surface area contributed by atoms with Crippen LogP contribution in [0.5, 0.6) is 0 Å². The van der Waals surface area contributed by atoms with Crippen molar-refractivity contribution in [1.29, 1.82) is 0 Å². The van der Waals surface area contributed by atoms with Gasteiger partial charge in [-0.05, 0) is 64.1 Å². The molecule has 1 saturated carbocycles. The van der Waals surface area contributed by atoms with Gasteiger partial charge in [0.25, 0.3) is 0 Å². The second-order valence-corrected chi connectivity index (χ2v) is 7.03. The lowest BCUT2D eigenvalue weighted by Crippen LogP contribution is -2.49. The minimum Gasteiger partial charge on any atom is -0.317 e. The third-order valence-electron chi connectivity index (χ3n) is 5.81. The van der Waals surface area contributed by atoms with E-state index in [9.17, 15) is 0 Å². The molecule has 0 bridgehead atoms. The predicted molar refractivity (Wildman–Crippen MR) is 81.4 cm³/mol. The zero-order valence-electron chi connectivity index (χ0n) is 12.6. The van der Waals surface area contributed by atoms with Crippen molar-refractivity contribution in [2.75, 3.05) is 19.6 Å². The fourth-order valence-electron chi connectivity index (χ4n) is 4.76. The van der Waals surface area contributed by atoms with E-state index in [1.165, 1.54) is 90.3 Å². The first-order valence-corrected chi connectivity index (χ1v) is 8.91. The lowest BCUT2D eigenvalue weighted by Gasteiger charge is -2.43. The van der Waals surface area contributed by atoms with E-state index in [4.69, 9.17) is 0 Å². The standard InChI is InChI=1S/C17H32N2/c1-3-7-16(8-4-1)19-14-6-2-5-9-17(19)15-10-12-18-13-11-15/h15-18H,1-14H2. The van der Waals surface area contributed by atoms with Crippen LogP contribution in [0, 0.1) is 5.92 Å². The molecular formula is C17H32N2. The van der Waals surface area contributed by atoms with Crippen LogP contribution in [0.1, 0.15) is 70.6 Å². The molecule has 2 heterocycles. The summed E-state index contributed by atoms with van der Waals surface area (Å²) in [7, 11) is 0. The van der Waals surface area contributed by atoms with Crippen molar-refractivity contribution >= 4 is 0 Å². The third kappa shape index (κ3) is 3.52. The Bertz CT molecular complexity index is 228. The van der Waals surface area contributed by atoms with Gasteiger partial charge >= 0.3 is 0 Å². The van der Waals surface area contributed by atoms with Crippen molar-refractivity contribution in [3.63, 3.8) is 0 Å². The number of hydrogen-bond acceptors (Lipinski definition) is 2. The van der Waals surface area contributed by atoms with Crippen LogP contribution in [0.25, 0.3) is 0 Å². The Morgan fingerprint density at radius 2 is 1.37 bits per heavy atom. The lowest BCUT2D eigenvalue weighted by atomic mass is 9.84. The molecule has 0 amide bonds. The maximum Gasteiger partial charge on any atom is 0.0127 e. The van der Waals surface area contributed by atoms with Gasteiger partial charge in [0.15, 0.2) is 0 Å². The van der Waals surface area contributed by atoms with Crippen LogP contribution in [0.2, 0.25) is 0 Å². The SMILES string of the molecule is C1CCC(N2CCCCCC2C2CCNCC2)CC1. The van der Waals surface area contributed by atoms with Gasteiger partial charge in [-0.25, -0.2) is 0 Å². The third-order valence-corrected chi connectivity index (χ3v) is 5.81. The minimum absolute atomic E-state index is 0.924. The Kier molecular flexibility index (Phi) is 5.17. The van der Waals surface area contributed by atoms with Crippen molar-refractivity contribution in [2.45, 2.75) is 82.7 Å². The van der Waals surface area contributed by atoms with Crippen LogP contribution in [0.3, 0.4) is 0 Å². The molecule has 0 aromatic heterocycles. The van der Waals surface area contributed by atoms with E-state index < -0.39 is 0 Å². The summed E-state index contributed by atoms with van der Waals surface area (Å²) < 4.78 is 0. The zero-order valence-corrected chi connectivity index (χ0v) is 12.6. The molecule has 2 saturated heterocycles. The van der Waals surface area contributed by atoms with Crippen molar-refractivity contribution in [3.05, 3.63) is 0 Å². The molecule has 0 aromatic carbocycles. The van der Waals surface area contributed by atoms with E-state index in [1.807, 2.05) is 0 Å². The molecule has 2 heteroatoms. The van der Waals surface area contributed by atoms with E-state index in [0.717, 1.165) is 18.0 Å². The Balaban J connectivity index is 1.68. The number of piperidine rings is 1. The Hall–Kier alpha value is -0.0800. The van der Waals surface area contributed by atoms with Crippen LogP contribution in [-0.4, -0.2) is 36.6 Å². The van der Waals surface area contributed by atoms with Gasteiger partial charge in [-0.1, -0.05) is 32.1 Å². The highest BCUT2D eigenvalue weighted by molar-refractivity contribution is 4.89. The quantitative estimate of drug-likeness (QED) is 0.820. The summed E-state index contributed by atoms with van der Waals surface area (Å²) in [4.78, 5) is 2.99. The second-order valence-electron chi connectivity index (χ2n) is 7.03. The number of hydrogen-bond donors (Lipinski definition) is 1. The molecule has 2 aliphatic heterocycles. The van der Waals surface area contributed by atoms with Gasteiger partial charge in [0.05, 0.1) is 0 Å². The molecule has 19 heavy (non-hydrogen) atoms. The Morgan fingerprint density at radius 1 is 0.684 bits per heavy atom. The Morgan fingerprint density at radius 3 is 2.16 bits per heavy atom. The monoisotopic (exact) mass is 264 g/mol. The molecule has 1 atom stereocenters. The first-order valence-electron chi connectivity index (χ1n) is 8.91. The highest BCUT2D eigenvalue weighted by atomic mass is 15.2. The molecular weight excluding hydrogens is 232 g/mol. The largest absolute Gasteiger partial charge is 0.317 e. The molecule has 110 valence electrons. The van der Waals surface area contributed by atoms with Crippen LogP contribution >= 0.6 is 0 Å². The molecule has 3 aliphatic rings. The average molecular weight is 264 g/mol. The molecule has 0 spiro atoms. The molecule has 3 fully saturated rings. The first-order chi connectivity index (χ1) is 9.45. The number of nitrogens with zero attached hydrogens (tertiary/aromatic N) is 1. The fraction of sp³-hybridized carbons (Fsp3) is 1.00. The topological polar surface area (TPSA) is 15.3 Å². The van der Waals surface area contributed by atoms with Gasteiger partial charge in [-0.15, -0.1) is 0 Å². The number of rotatable bonds is 2. The summed E-state index contributed by atoms with van der Waals surface area (Å²) >= 11 is 0. The van der Waals surface area contributed by atoms with Crippen molar-refractivity contribution < 1.29 is 0 Å². The van der Waals surface area contributed by atoms with Crippen LogP contribution in [0.15, 0.2) is 0 Å². The van der Waals surface area contributed by atoms with Gasteiger partial charge in [0, 0.05) is 12.1 Å². The number of nitrogens with one attached hydrogen (secondary N) is 1. The maximum absolute atomic E-state index is 3.55. The molecule has 2 nitrogen and oxygen atoms in total. The first kappa shape index (κ1) is 13.9. The van der Waals surface area contributed by atoms with Gasteiger partial charge in [0.1, 0.15) is 0 Å². The van der Waals surface area contributed by atoms with Crippen molar-refractivity contribution in [2.24, 2.45) is 5.92 Å². The summed E-state index contributed by atoms with van der Waals surface area (Å²) in [6.45, 7) is 3.93. The van der Waals surface area contributed by atoms with Crippen LogP contribution in [-0.2, 0) is 0 Å². The summed E-state index contributed by atoms with van der Waals surface area (Å²) in [5.74, 6) is 0.987. The van der Waals surface area contributed by atoms with E-state index in [1.54, 1.807) is 0 Å². The lowest BCUT2D eigenvalue weighted by molar-refractivity contribution is 0.0606. The zero-order chi connectivity index (χ0) is 12.9. The van der Waals surface area contributed by atoms with E-state index in [2.05, 4.69) is 10.2 Å². The molecule has 0 radical (unpaired) electrons. The molecule has 0 aromatic rings. The van der Waals surface area contributed by atoms with Gasteiger partial charge in [-0.3, -0.25) is 4.90 Å². The van der Waals surface area contributed by atoms with Crippen LogP contribution in [0.4, 0.5) is 0 Å². The van der Waals surface area contributed by atoms with Crippen LogP contribution < -0.4 is 5.32 Å². The Labute approximate surface area is 119 Å². The van der Waals surface area contributed by atoms with E-state index in [-0.39, 0.29) is 0 Å². The number of likely N-dealkylation sites (tertiary alicyclic amines) is 1. The molecule has 1 unspecified atom stereocenters. The van der Waals surface area contributed by atoms with Gasteiger partial charge < -0.3 is 5.32 Å². The van der Waals surface area contributed by atoms with E-state index >= 15 is 0 Å². The predicted octanol–water partition coefficient (Wildman–Crippen LogP) is 3.56. The van der Waals surface area contributed by atoms with E-state index in [0.29, 0.717) is 0 Å². The summed E-state index contributed by atoms with van der Waals surface area (Å²) in [6, 6.07) is 1.86. The smallest absolute Gasteiger partial charge is 0.0127 e. The second kappa shape index (κ2) is 7.08. The van der Waals surface area contributed by atoms with Crippen molar-refractivity contribution in [1.82, 2.24) is 10.2 Å². The average Bonchev–Trinajstić information content (AvgIpc) is 2.75. The van der Waals surface area contributed by atoms with Gasteiger partial charge in [-0.2, -0.15) is 0 Å². The van der Waals surface area contributed by atoms with Crippen molar-refractivity contribution in [3.8, 4) is 0 Å². The summed E-state index contributed by atoms with van der Waals surface area (Å²) in [5.41, 5.74) is 0. The minimum atomic E-state index is 0.924. The fourth-order valence-corrected chi connectivity index (χ4v) is 4.76. The summed E-state index contributed by atoms with van der Waals surface area (Å²) in [6.07, 6.45) is 16.2. The maximum atomic E-state index is 3.55. The highest BCUT2D eigenvalue weighted by Gasteiger charge is 2.33. The summed E-state index contributed by atoms with van der Waals surface area (Å²) in [5, 5.41) is 3.55. The highest BCUT2D eigenvalue weighted by Crippen LogP contribution is 2.33. The normalized spacial score (nSPS) is 33.2. The molecule has 3 rings (SSSR count). The van der Waals surface area contributed by atoms with Gasteiger partial charge in [0.2, 0.25) is 0 Å². The molecule has 1 aliphatic carbocycles. The molecule has 1 N–H and O–H groups in total.